The minimum Gasteiger partial charge on any atom is -0.334 e. The lowest BCUT2D eigenvalue weighted by Gasteiger charge is -2.28. The summed E-state index contributed by atoms with van der Waals surface area (Å²) in [7, 11) is 0. The number of nitrogens with one attached hydrogen (secondary N) is 2. The second kappa shape index (κ2) is 7.06. The fourth-order valence-electron chi connectivity index (χ4n) is 4.63. The van der Waals surface area contributed by atoms with Crippen LogP contribution in [0.4, 0.5) is 8.78 Å². The van der Waals surface area contributed by atoms with Crippen molar-refractivity contribution in [2.45, 2.75) is 31.2 Å². The number of carbonyl (C=O) groups is 1. The normalized spacial score (nSPS) is 16.6. The monoisotopic (exact) mass is 447 g/mol. The van der Waals surface area contributed by atoms with E-state index in [4.69, 9.17) is 4.98 Å². The van der Waals surface area contributed by atoms with Crippen molar-refractivity contribution in [1.82, 2.24) is 24.8 Å². The number of fused-ring (bicyclic) bond motifs is 2. The highest BCUT2D eigenvalue weighted by molar-refractivity contribution is 5.94. The number of H-pyrrole nitrogens is 2. The maximum atomic E-state index is 13.5. The second-order valence-corrected chi connectivity index (χ2v) is 8.63. The van der Waals surface area contributed by atoms with Crippen LogP contribution >= 0.6 is 0 Å². The molecular weight excluding hydrogens is 428 g/mol. The van der Waals surface area contributed by atoms with E-state index in [9.17, 15) is 18.4 Å². The van der Waals surface area contributed by atoms with Crippen molar-refractivity contribution in [3.8, 4) is 0 Å². The Morgan fingerprint density at radius 1 is 1.03 bits per heavy atom. The second-order valence-electron chi connectivity index (χ2n) is 8.63. The predicted molar refractivity (Wildman–Crippen MR) is 116 cm³/mol. The number of aromatic nitrogens is 4. The number of rotatable bonds is 3. The molecular formula is C24H19F2N5O2. The molecule has 7 nitrogen and oxygen atoms in total. The van der Waals surface area contributed by atoms with Crippen molar-refractivity contribution in [3.05, 3.63) is 92.9 Å². The number of imidazole rings is 1. The molecule has 1 saturated carbocycles. The molecule has 1 aliphatic carbocycles. The Kier molecular flexibility index (Phi) is 4.23. The smallest absolute Gasteiger partial charge is 0.289 e. The summed E-state index contributed by atoms with van der Waals surface area (Å²) in [6.07, 6.45) is 2.29. The first-order chi connectivity index (χ1) is 15.9. The molecule has 2 aromatic carbocycles. The van der Waals surface area contributed by atoms with Crippen LogP contribution < -0.4 is 5.56 Å². The zero-order chi connectivity index (χ0) is 22.7. The lowest BCUT2D eigenvalue weighted by molar-refractivity contribution is 0.0721. The highest BCUT2D eigenvalue weighted by atomic mass is 19.2. The van der Waals surface area contributed by atoms with Gasteiger partial charge in [-0.25, -0.2) is 18.7 Å². The highest BCUT2D eigenvalue weighted by Gasteiger charge is 2.48. The molecule has 0 spiro atoms. The molecule has 33 heavy (non-hydrogen) atoms. The number of carbonyl (C=O) groups excluding carboxylic acids is 1. The molecule has 0 radical (unpaired) electrons. The molecule has 166 valence electrons. The van der Waals surface area contributed by atoms with E-state index in [1.54, 1.807) is 0 Å². The number of aromatic amines is 2. The third-order valence-electron chi connectivity index (χ3n) is 6.61. The van der Waals surface area contributed by atoms with Gasteiger partial charge in [0.1, 0.15) is 5.82 Å². The Balaban J connectivity index is 1.29. The van der Waals surface area contributed by atoms with Crippen LogP contribution in [-0.2, 0) is 18.4 Å². The molecule has 6 rings (SSSR count). The molecule has 1 aliphatic heterocycles. The Labute approximate surface area is 186 Å². The first-order valence-electron chi connectivity index (χ1n) is 10.8. The van der Waals surface area contributed by atoms with Gasteiger partial charge in [-0.15, -0.1) is 0 Å². The van der Waals surface area contributed by atoms with Crippen LogP contribution in [0.5, 0.6) is 0 Å². The number of hydrogen-bond acceptors (Lipinski definition) is 4. The number of hydrogen-bond donors (Lipinski definition) is 2. The highest BCUT2D eigenvalue weighted by Crippen LogP contribution is 2.51. The Morgan fingerprint density at radius 2 is 1.79 bits per heavy atom. The van der Waals surface area contributed by atoms with Gasteiger partial charge in [0, 0.05) is 25.1 Å². The minimum atomic E-state index is -1.03. The summed E-state index contributed by atoms with van der Waals surface area (Å²) in [5, 5.41) is 0. The first-order valence-corrected chi connectivity index (χ1v) is 10.8. The molecule has 4 aromatic rings. The van der Waals surface area contributed by atoms with Crippen molar-refractivity contribution in [2.24, 2.45) is 0 Å². The minimum absolute atomic E-state index is 0.0273. The van der Waals surface area contributed by atoms with Crippen molar-refractivity contribution >= 4 is 16.9 Å². The van der Waals surface area contributed by atoms with Gasteiger partial charge >= 0.3 is 0 Å². The van der Waals surface area contributed by atoms with Gasteiger partial charge in [0.15, 0.2) is 17.5 Å². The van der Waals surface area contributed by atoms with Crippen molar-refractivity contribution < 1.29 is 13.6 Å². The largest absolute Gasteiger partial charge is 0.334 e. The maximum Gasteiger partial charge on any atom is 0.289 e. The van der Waals surface area contributed by atoms with Crippen LogP contribution in [-0.4, -0.2) is 37.3 Å². The van der Waals surface area contributed by atoms with E-state index in [0.717, 1.165) is 30.5 Å². The van der Waals surface area contributed by atoms with Crippen LogP contribution in [0.25, 0.3) is 11.0 Å². The quantitative estimate of drug-likeness (QED) is 0.504. The van der Waals surface area contributed by atoms with Crippen LogP contribution in [0.1, 0.15) is 46.1 Å². The zero-order valence-corrected chi connectivity index (χ0v) is 17.5. The first kappa shape index (κ1) is 19.8. The summed E-state index contributed by atoms with van der Waals surface area (Å²) in [5.41, 5.74) is 2.19. The Morgan fingerprint density at radius 3 is 2.55 bits per heavy atom. The van der Waals surface area contributed by atoms with Gasteiger partial charge in [0.05, 0.1) is 34.3 Å². The van der Waals surface area contributed by atoms with Gasteiger partial charge in [-0.05, 0) is 18.4 Å². The fraction of sp³-hybridized carbons (Fsp3) is 0.250. The van der Waals surface area contributed by atoms with E-state index in [1.807, 2.05) is 18.2 Å². The lowest BCUT2D eigenvalue weighted by atomic mass is 9.94. The van der Waals surface area contributed by atoms with Crippen molar-refractivity contribution in [3.63, 3.8) is 0 Å². The summed E-state index contributed by atoms with van der Waals surface area (Å²) < 4.78 is 27.0. The van der Waals surface area contributed by atoms with E-state index in [0.29, 0.717) is 30.0 Å². The molecule has 0 atom stereocenters. The molecule has 0 saturated heterocycles. The third-order valence-corrected chi connectivity index (χ3v) is 6.61. The summed E-state index contributed by atoms with van der Waals surface area (Å²) in [5.74, 6) is -1.84. The SMILES string of the molecule is O=C(c1nc2cc(F)c(F)cc2[nH]1)N1CCc2nc(C3(c4ccccc4)CC3)[nH]c(=O)c2C1. The van der Waals surface area contributed by atoms with Crippen molar-refractivity contribution in [2.75, 3.05) is 6.54 Å². The number of nitrogens with zero attached hydrogens (tertiary/aromatic N) is 3. The summed E-state index contributed by atoms with van der Waals surface area (Å²) >= 11 is 0. The van der Waals surface area contributed by atoms with E-state index in [2.05, 4.69) is 27.1 Å². The van der Waals surface area contributed by atoms with Crippen LogP contribution in [0.3, 0.4) is 0 Å². The summed E-state index contributed by atoms with van der Waals surface area (Å²) in [6.45, 7) is 0.453. The third kappa shape index (κ3) is 3.14. The lowest BCUT2D eigenvalue weighted by Crippen LogP contribution is -2.40. The molecule has 2 N–H and O–H groups in total. The summed E-state index contributed by atoms with van der Waals surface area (Å²) in [4.78, 5) is 42.1. The molecule has 1 amide bonds. The topological polar surface area (TPSA) is 94.7 Å². The number of halogens is 2. The Bertz CT molecular complexity index is 1430. The van der Waals surface area contributed by atoms with Gasteiger partial charge < -0.3 is 14.9 Å². The van der Waals surface area contributed by atoms with Crippen LogP contribution in [0.2, 0.25) is 0 Å². The summed E-state index contributed by atoms with van der Waals surface area (Å²) in [6, 6.07) is 11.9. The number of amides is 1. The molecule has 9 heteroatoms. The average molecular weight is 447 g/mol. The van der Waals surface area contributed by atoms with E-state index >= 15 is 0 Å². The van der Waals surface area contributed by atoms with E-state index in [-0.39, 0.29) is 34.4 Å². The molecule has 2 aromatic heterocycles. The Hall–Kier alpha value is -3.88. The number of benzene rings is 2. The van der Waals surface area contributed by atoms with Gasteiger partial charge in [-0.3, -0.25) is 9.59 Å². The molecule has 1 fully saturated rings. The molecule has 0 unspecified atom stereocenters. The van der Waals surface area contributed by atoms with E-state index in [1.165, 1.54) is 4.90 Å². The maximum absolute atomic E-state index is 13.5. The predicted octanol–water partition coefficient (Wildman–Crippen LogP) is 3.20. The van der Waals surface area contributed by atoms with Crippen molar-refractivity contribution in [1.29, 1.82) is 0 Å². The van der Waals surface area contributed by atoms with Gasteiger partial charge in [0.2, 0.25) is 0 Å². The molecule has 2 aliphatic rings. The van der Waals surface area contributed by atoms with Crippen LogP contribution in [0.15, 0.2) is 47.3 Å². The molecule has 3 heterocycles. The van der Waals surface area contributed by atoms with Gasteiger partial charge in [0.25, 0.3) is 11.5 Å². The zero-order valence-electron chi connectivity index (χ0n) is 17.5. The van der Waals surface area contributed by atoms with Gasteiger partial charge in [-0.1, -0.05) is 30.3 Å². The fourth-order valence-corrected chi connectivity index (χ4v) is 4.63. The molecule has 0 bridgehead atoms. The van der Waals surface area contributed by atoms with Crippen LogP contribution in [0, 0.1) is 11.6 Å². The van der Waals surface area contributed by atoms with E-state index < -0.39 is 17.5 Å². The van der Waals surface area contributed by atoms with Gasteiger partial charge in [-0.2, -0.15) is 0 Å². The standard InChI is InChI=1S/C24H19F2N5O2/c25-15-10-18-19(11-16(15)26)28-20(27-18)22(33)31-9-6-17-14(12-31)21(32)30-23(29-17)24(7-8-24)13-4-2-1-3-5-13/h1-5,10-11H,6-9,12H2,(H,27,28)(H,29,30,32). The average Bonchev–Trinajstić information content (AvgIpc) is 3.55.